The third-order valence-corrected chi connectivity index (χ3v) is 4.82. The maximum atomic E-state index is 11.1. The summed E-state index contributed by atoms with van der Waals surface area (Å²) in [6.45, 7) is 3.26. The van der Waals surface area contributed by atoms with Crippen molar-refractivity contribution >= 4 is 6.09 Å². The van der Waals surface area contributed by atoms with Crippen LogP contribution in [0, 0.1) is 0 Å². The highest BCUT2D eigenvalue weighted by atomic mass is 16.5. The summed E-state index contributed by atoms with van der Waals surface area (Å²) in [5, 5.41) is 0. The quantitative estimate of drug-likeness (QED) is 0.876. The number of amides is 1. The van der Waals surface area contributed by atoms with Crippen molar-refractivity contribution in [1.82, 2.24) is 9.88 Å². The van der Waals surface area contributed by atoms with Crippen LogP contribution in [0.4, 0.5) is 4.79 Å². The first-order valence-electron chi connectivity index (χ1n) is 8.90. The number of primary amides is 1. The highest BCUT2D eigenvalue weighted by molar-refractivity contribution is 5.68. The number of hydrogen-bond acceptors (Lipinski definition) is 4. The van der Waals surface area contributed by atoms with E-state index in [0.717, 1.165) is 50.9 Å². The second-order valence-electron chi connectivity index (χ2n) is 6.54. The fraction of sp³-hybridized carbons (Fsp3) is 0.400. The minimum Gasteiger partial charge on any atom is -0.410 e. The monoisotopic (exact) mass is 339 g/mol. The van der Waals surface area contributed by atoms with Crippen molar-refractivity contribution in [3.63, 3.8) is 0 Å². The van der Waals surface area contributed by atoms with E-state index in [4.69, 9.17) is 10.5 Å². The van der Waals surface area contributed by atoms with Crippen LogP contribution in [0.1, 0.15) is 36.3 Å². The number of pyridine rings is 1. The lowest BCUT2D eigenvalue weighted by Gasteiger charge is -2.32. The van der Waals surface area contributed by atoms with Crippen molar-refractivity contribution in [2.45, 2.75) is 31.6 Å². The molecule has 1 saturated heterocycles. The Morgan fingerprint density at radius 2 is 2.00 bits per heavy atom. The van der Waals surface area contributed by atoms with Gasteiger partial charge < -0.3 is 15.4 Å². The topological polar surface area (TPSA) is 68.5 Å². The average Bonchev–Trinajstić information content (AvgIpc) is 2.63. The molecular formula is C20H25N3O2. The van der Waals surface area contributed by atoms with Crippen molar-refractivity contribution in [2.24, 2.45) is 5.73 Å². The number of aryl methyl sites for hydroxylation is 1. The average molecular weight is 339 g/mol. The zero-order valence-electron chi connectivity index (χ0n) is 14.4. The summed E-state index contributed by atoms with van der Waals surface area (Å²) in [7, 11) is 0. The standard InChI is InChI=1S/C20H25N3O2/c21-20(24)25-19-8-2-1-7-18(19)17-9-13-23(14-10-17)12-4-6-16-5-3-11-22-15-16/h1-3,5,7-8,11,15,17H,4,6,9-10,12-14H2,(H2,21,24). The van der Waals surface area contributed by atoms with Crippen molar-refractivity contribution in [1.29, 1.82) is 0 Å². The number of ether oxygens (including phenoxy) is 1. The van der Waals surface area contributed by atoms with E-state index in [0.29, 0.717) is 11.7 Å². The molecule has 0 aliphatic carbocycles. The lowest BCUT2D eigenvalue weighted by Crippen LogP contribution is -2.34. The molecule has 132 valence electrons. The van der Waals surface area contributed by atoms with Gasteiger partial charge in [-0.3, -0.25) is 4.98 Å². The Balaban J connectivity index is 1.48. The van der Waals surface area contributed by atoms with E-state index in [1.54, 1.807) is 0 Å². The molecule has 3 rings (SSSR count). The summed E-state index contributed by atoms with van der Waals surface area (Å²) in [6, 6.07) is 11.8. The van der Waals surface area contributed by atoms with Crippen LogP contribution in [-0.2, 0) is 6.42 Å². The molecule has 2 heterocycles. The Morgan fingerprint density at radius 3 is 2.72 bits per heavy atom. The molecule has 2 N–H and O–H groups in total. The number of likely N-dealkylation sites (tertiary alicyclic amines) is 1. The van der Waals surface area contributed by atoms with Crippen LogP contribution in [0.15, 0.2) is 48.8 Å². The molecule has 1 aliphatic rings. The van der Waals surface area contributed by atoms with Crippen LogP contribution >= 0.6 is 0 Å². The van der Waals surface area contributed by atoms with E-state index in [1.165, 1.54) is 5.56 Å². The summed E-state index contributed by atoms with van der Waals surface area (Å²) >= 11 is 0. The first-order valence-corrected chi connectivity index (χ1v) is 8.90. The van der Waals surface area contributed by atoms with Gasteiger partial charge in [0.15, 0.2) is 0 Å². The van der Waals surface area contributed by atoms with E-state index in [-0.39, 0.29) is 0 Å². The smallest absolute Gasteiger partial charge is 0.409 e. The molecular weight excluding hydrogens is 314 g/mol. The molecule has 1 amide bonds. The van der Waals surface area contributed by atoms with E-state index in [1.807, 2.05) is 42.7 Å². The Bertz CT molecular complexity index is 682. The second-order valence-corrected chi connectivity index (χ2v) is 6.54. The number of carbonyl (C=O) groups excluding carboxylic acids is 1. The van der Waals surface area contributed by atoms with E-state index >= 15 is 0 Å². The van der Waals surface area contributed by atoms with Gasteiger partial charge in [-0.25, -0.2) is 4.79 Å². The number of aromatic nitrogens is 1. The molecule has 25 heavy (non-hydrogen) atoms. The van der Waals surface area contributed by atoms with E-state index in [9.17, 15) is 4.79 Å². The molecule has 0 spiro atoms. The number of benzene rings is 1. The molecule has 1 fully saturated rings. The van der Waals surface area contributed by atoms with Gasteiger partial charge in [-0.1, -0.05) is 24.3 Å². The van der Waals surface area contributed by atoms with Gasteiger partial charge >= 0.3 is 6.09 Å². The summed E-state index contributed by atoms with van der Waals surface area (Å²) < 4.78 is 5.16. The number of rotatable bonds is 6. The molecule has 2 aromatic rings. The minimum atomic E-state index is -0.750. The van der Waals surface area contributed by atoms with Gasteiger partial charge in [0, 0.05) is 12.4 Å². The Morgan fingerprint density at radius 1 is 1.20 bits per heavy atom. The van der Waals surface area contributed by atoms with Crippen LogP contribution in [0.2, 0.25) is 0 Å². The number of para-hydroxylation sites is 1. The fourth-order valence-corrected chi connectivity index (χ4v) is 3.54. The first kappa shape index (κ1) is 17.4. The fourth-order valence-electron chi connectivity index (χ4n) is 3.54. The number of nitrogens with two attached hydrogens (primary N) is 1. The third-order valence-electron chi connectivity index (χ3n) is 4.82. The van der Waals surface area contributed by atoms with E-state index in [2.05, 4.69) is 16.0 Å². The lowest BCUT2D eigenvalue weighted by molar-refractivity contribution is 0.202. The Hall–Kier alpha value is -2.40. The van der Waals surface area contributed by atoms with Crippen molar-refractivity contribution in [3.8, 4) is 5.75 Å². The van der Waals surface area contributed by atoms with Crippen molar-refractivity contribution < 1.29 is 9.53 Å². The molecule has 0 saturated carbocycles. The molecule has 5 heteroatoms. The summed E-state index contributed by atoms with van der Waals surface area (Å²) in [6.07, 6.45) is 7.38. The molecule has 0 bridgehead atoms. The molecule has 0 unspecified atom stereocenters. The zero-order valence-corrected chi connectivity index (χ0v) is 14.4. The SMILES string of the molecule is NC(=O)Oc1ccccc1C1CCN(CCCc2cccnc2)CC1. The second kappa shape index (κ2) is 8.62. The predicted molar refractivity (Wildman–Crippen MR) is 97.6 cm³/mol. The van der Waals surface area contributed by atoms with Gasteiger partial charge in [-0.2, -0.15) is 0 Å². The van der Waals surface area contributed by atoms with Crippen LogP contribution in [0.25, 0.3) is 0 Å². The minimum absolute atomic E-state index is 0.421. The van der Waals surface area contributed by atoms with E-state index < -0.39 is 6.09 Å². The zero-order chi connectivity index (χ0) is 17.5. The Labute approximate surface area is 148 Å². The molecule has 0 radical (unpaired) electrons. The summed E-state index contributed by atoms with van der Waals surface area (Å²) in [4.78, 5) is 17.8. The highest BCUT2D eigenvalue weighted by Gasteiger charge is 2.23. The molecule has 0 atom stereocenters. The molecule has 5 nitrogen and oxygen atoms in total. The van der Waals surface area contributed by atoms with Gasteiger partial charge in [0.1, 0.15) is 5.75 Å². The van der Waals surface area contributed by atoms with Gasteiger partial charge in [-0.15, -0.1) is 0 Å². The Kier molecular flexibility index (Phi) is 6.01. The van der Waals surface area contributed by atoms with Crippen LogP contribution in [0.5, 0.6) is 5.75 Å². The van der Waals surface area contributed by atoms with Crippen LogP contribution < -0.4 is 10.5 Å². The first-order chi connectivity index (χ1) is 12.2. The lowest BCUT2D eigenvalue weighted by atomic mass is 9.88. The van der Waals surface area contributed by atoms with Gasteiger partial charge in [0.2, 0.25) is 0 Å². The molecule has 1 aromatic carbocycles. The van der Waals surface area contributed by atoms with Gasteiger partial charge in [0.05, 0.1) is 0 Å². The van der Waals surface area contributed by atoms with Gasteiger partial charge in [-0.05, 0) is 74.5 Å². The maximum absolute atomic E-state index is 11.1. The summed E-state index contributed by atoms with van der Waals surface area (Å²) in [5.74, 6) is 1.02. The maximum Gasteiger partial charge on any atom is 0.409 e. The van der Waals surface area contributed by atoms with Gasteiger partial charge in [0.25, 0.3) is 0 Å². The number of carbonyl (C=O) groups is 1. The third kappa shape index (κ3) is 5.03. The normalized spacial score (nSPS) is 15.8. The molecule has 1 aromatic heterocycles. The molecule has 1 aliphatic heterocycles. The predicted octanol–water partition coefficient (Wildman–Crippen LogP) is 3.35. The summed E-state index contributed by atoms with van der Waals surface area (Å²) in [5.41, 5.74) is 7.57. The van der Waals surface area contributed by atoms with Crippen LogP contribution in [0.3, 0.4) is 0 Å². The van der Waals surface area contributed by atoms with Crippen molar-refractivity contribution in [3.05, 3.63) is 59.9 Å². The van der Waals surface area contributed by atoms with Crippen molar-refractivity contribution in [2.75, 3.05) is 19.6 Å². The number of hydrogen-bond donors (Lipinski definition) is 1. The largest absolute Gasteiger partial charge is 0.410 e. The van der Waals surface area contributed by atoms with Crippen LogP contribution in [-0.4, -0.2) is 35.6 Å². The number of piperidine rings is 1. The highest BCUT2D eigenvalue weighted by Crippen LogP contribution is 2.34. The number of nitrogens with zero attached hydrogens (tertiary/aromatic N) is 2.